The van der Waals surface area contributed by atoms with E-state index < -0.39 is 10.8 Å². The first kappa shape index (κ1) is 15.7. The molecular formula is C14H17ClN2O4. The molecule has 1 amide bonds. The molecule has 2 rings (SSSR count). The lowest BCUT2D eigenvalue weighted by molar-refractivity contribution is -0.385. The van der Waals surface area contributed by atoms with E-state index in [1.807, 2.05) is 0 Å². The van der Waals surface area contributed by atoms with Crippen molar-refractivity contribution in [1.29, 1.82) is 0 Å². The molecule has 1 N–H and O–H groups in total. The molecule has 0 bridgehead atoms. The highest BCUT2D eigenvalue weighted by Gasteiger charge is 2.20. The van der Waals surface area contributed by atoms with Crippen molar-refractivity contribution in [2.24, 2.45) is 5.92 Å². The fourth-order valence-corrected chi connectivity index (χ4v) is 2.64. The molecule has 0 radical (unpaired) electrons. The Bertz CT molecular complexity index is 556. The molecule has 1 fully saturated rings. The fourth-order valence-electron chi connectivity index (χ4n) is 2.33. The van der Waals surface area contributed by atoms with Crippen molar-refractivity contribution in [2.45, 2.75) is 19.8 Å². The zero-order valence-electron chi connectivity index (χ0n) is 11.7. The zero-order chi connectivity index (χ0) is 15.4. The average Bonchev–Trinajstić information content (AvgIpc) is 2.45. The highest BCUT2D eigenvalue weighted by atomic mass is 35.5. The summed E-state index contributed by atoms with van der Waals surface area (Å²) in [5, 5.41) is 13.9. The second-order valence-electron chi connectivity index (χ2n) is 5.17. The molecule has 1 aromatic carbocycles. The number of nitrogens with one attached hydrogen (secondary N) is 1. The number of ether oxygens (including phenoxy) is 1. The lowest BCUT2D eigenvalue weighted by Crippen LogP contribution is -2.33. The third kappa shape index (κ3) is 3.92. The van der Waals surface area contributed by atoms with E-state index in [0.29, 0.717) is 18.7 Å². The van der Waals surface area contributed by atoms with Gasteiger partial charge in [-0.25, -0.2) is 0 Å². The van der Waals surface area contributed by atoms with Crippen molar-refractivity contribution >= 4 is 23.2 Å². The summed E-state index contributed by atoms with van der Waals surface area (Å²) in [7, 11) is 0. The number of nitrogens with zero attached hydrogens (tertiary/aromatic N) is 1. The largest absolute Gasteiger partial charge is 0.381 e. The van der Waals surface area contributed by atoms with Crippen LogP contribution in [0.3, 0.4) is 0 Å². The molecule has 1 aliphatic rings. The molecule has 1 atom stereocenters. The van der Waals surface area contributed by atoms with Gasteiger partial charge < -0.3 is 10.1 Å². The lowest BCUT2D eigenvalue weighted by Gasteiger charge is -2.22. The van der Waals surface area contributed by atoms with Gasteiger partial charge in [0.05, 0.1) is 22.1 Å². The number of hydrogen-bond acceptors (Lipinski definition) is 4. The number of amides is 1. The molecule has 114 valence electrons. The second kappa shape index (κ2) is 6.87. The van der Waals surface area contributed by atoms with Gasteiger partial charge in [-0.2, -0.15) is 0 Å². The Hall–Kier alpha value is -1.66. The molecule has 0 unspecified atom stereocenters. The van der Waals surface area contributed by atoms with E-state index in [2.05, 4.69) is 5.32 Å². The third-order valence-corrected chi connectivity index (χ3v) is 3.85. The third-order valence-electron chi connectivity index (χ3n) is 3.53. The molecule has 0 spiro atoms. The standard InChI is InChI=1S/C14H17ClN2O4/c1-9-5-12(15)11(6-13(9)17(19)20)14(18)16-7-10-3-2-4-21-8-10/h5-6,10H,2-4,7-8H2,1H3,(H,16,18)/t10-/m1/s1. The van der Waals surface area contributed by atoms with E-state index in [0.717, 1.165) is 19.4 Å². The minimum Gasteiger partial charge on any atom is -0.381 e. The van der Waals surface area contributed by atoms with Crippen molar-refractivity contribution in [3.63, 3.8) is 0 Å². The van der Waals surface area contributed by atoms with Gasteiger partial charge in [0, 0.05) is 24.8 Å². The predicted molar refractivity (Wildman–Crippen MR) is 78.7 cm³/mol. The Kier molecular flexibility index (Phi) is 5.14. The highest BCUT2D eigenvalue weighted by molar-refractivity contribution is 6.34. The summed E-state index contributed by atoms with van der Waals surface area (Å²) in [6.07, 6.45) is 1.99. The van der Waals surface area contributed by atoms with Crippen molar-refractivity contribution < 1.29 is 14.5 Å². The van der Waals surface area contributed by atoms with Crippen molar-refractivity contribution in [2.75, 3.05) is 19.8 Å². The van der Waals surface area contributed by atoms with Crippen LogP contribution in [0.5, 0.6) is 0 Å². The quantitative estimate of drug-likeness (QED) is 0.684. The summed E-state index contributed by atoms with van der Waals surface area (Å²) in [6.45, 7) is 3.46. The van der Waals surface area contributed by atoms with Gasteiger partial charge in [-0.15, -0.1) is 0 Å². The van der Waals surface area contributed by atoms with E-state index in [9.17, 15) is 14.9 Å². The van der Waals surface area contributed by atoms with Crippen LogP contribution in [0.1, 0.15) is 28.8 Å². The Morgan fingerprint density at radius 1 is 1.57 bits per heavy atom. The van der Waals surface area contributed by atoms with Crippen LogP contribution in [0.25, 0.3) is 0 Å². The highest BCUT2D eigenvalue weighted by Crippen LogP contribution is 2.26. The maximum atomic E-state index is 12.1. The molecule has 1 aromatic rings. The van der Waals surface area contributed by atoms with Crippen LogP contribution in [0.2, 0.25) is 5.02 Å². The topological polar surface area (TPSA) is 81.5 Å². The van der Waals surface area contributed by atoms with E-state index in [1.54, 1.807) is 6.92 Å². The fraction of sp³-hybridized carbons (Fsp3) is 0.500. The van der Waals surface area contributed by atoms with Crippen LogP contribution in [-0.2, 0) is 4.74 Å². The number of rotatable bonds is 4. The first-order valence-electron chi connectivity index (χ1n) is 6.79. The summed E-state index contributed by atoms with van der Waals surface area (Å²) in [6, 6.07) is 2.67. The predicted octanol–water partition coefficient (Wildman–Crippen LogP) is 2.71. The van der Waals surface area contributed by atoms with Gasteiger partial charge in [-0.05, 0) is 31.7 Å². The molecule has 0 aliphatic carbocycles. The number of carbonyl (C=O) groups excluding carboxylic acids is 1. The number of hydrogen-bond donors (Lipinski definition) is 1. The summed E-state index contributed by atoms with van der Waals surface area (Å²) in [4.78, 5) is 22.5. The average molecular weight is 313 g/mol. The van der Waals surface area contributed by atoms with Crippen molar-refractivity contribution in [3.05, 3.63) is 38.4 Å². The number of aryl methyl sites for hydroxylation is 1. The van der Waals surface area contributed by atoms with Gasteiger partial charge in [-0.3, -0.25) is 14.9 Å². The van der Waals surface area contributed by atoms with Crippen molar-refractivity contribution in [1.82, 2.24) is 5.32 Å². The van der Waals surface area contributed by atoms with Gasteiger partial charge in [0.1, 0.15) is 0 Å². The van der Waals surface area contributed by atoms with Gasteiger partial charge in [0.25, 0.3) is 11.6 Å². The molecule has 1 heterocycles. The number of halogens is 1. The molecule has 0 aromatic heterocycles. The Labute approximate surface area is 127 Å². The molecule has 1 saturated heterocycles. The zero-order valence-corrected chi connectivity index (χ0v) is 12.5. The summed E-state index contributed by atoms with van der Waals surface area (Å²) >= 11 is 6.01. The number of nitro benzene ring substituents is 1. The smallest absolute Gasteiger partial charge is 0.273 e. The molecule has 7 heteroatoms. The van der Waals surface area contributed by atoms with Gasteiger partial charge in [0.2, 0.25) is 0 Å². The SMILES string of the molecule is Cc1cc(Cl)c(C(=O)NC[C@H]2CCCOC2)cc1[N+](=O)[O-]. The number of nitro groups is 1. The maximum Gasteiger partial charge on any atom is 0.273 e. The molecule has 6 nitrogen and oxygen atoms in total. The maximum absolute atomic E-state index is 12.1. The van der Waals surface area contributed by atoms with Crippen LogP contribution in [0.4, 0.5) is 5.69 Å². The molecule has 1 aliphatic heterocycles. The van der Waals surface area contributed by atoms with Crippen LogP contribution < -0.4 is 5.32 Å². The lowest BCUT2D eigenvalue weighted by atomic mass is 10.0. The van der Waals surface area contributed by atoms with Gasteiger partial charge >= 0.3 is 0 Å². The summed E-state index contributed by atoms with van der Waals surface area (Å²) in [5.41, 5.74) is 0.457. The van der Waals surface area contributed by atoms with E-state index in [1.165, 1.54) is 12.1 Å². The summed E-state index contributed by atoms with van der Waals surface area (Å²) in [5.74, 6) is -0.115. The summed E-state index contributed by atoms with van der Waals surface area (Å²) < 4.78 is 5.34. The first-order valence-corrected chi connectivity index (χ1v) is 7.17. The van der Waals surface area contributed by atoms with Gasteiger partial charge in [0.15, 0.2) is 0 Å². The minimum atomic E-state index is -0.516. The second-order valence-corrected chi connectivity index (χ2v) is 5.58. The Morgan fingerprint density at radius 3 is 2.95 bits per heavy atom. The van der Waals surface area contributed by atoms with E-state index in [-0.39, 0.29) is 22.2 Å². The number of benzene rings is 1. The number of carbonyl (C=O) groups is 1. The van der Waals surface area contributed by atoms with Crippen LogP contribution in [-0.4, -0.2) is 30.6 Å². The van der Waals surface area contributed by atoms with E-state index >= 15 is 0 Å². The van der Waals surface area contributed by atoms with Crippen LogP contribution >= 0.6 is 11.6 Å². The van der Waals surface area contributed by atoms with Crippen LogP contribution in [0, 0.1) is 23.0 Å². The molecule has 0 saturated carbocycles. The van der Waals surface area contributed by atoms with Gasteiger partial charge in [-0.1, -0.05) is 11.6 Å². The molecular weight excluding hydrogens is 296 g/mol. The normalized spacial score (nSPS) is 18.3. The Morgan fingerprint density at radius 2 is 2.33 bits per heavy atom. The first-order chi connectivity index (χ1) is 9.99. The monoisotopic (exact) mass is 312 g/mol. The van der Waals surface area contributed by atoms with Crippen molar-refractivity contribution in [3.8, 4) is 0 Å². The minimum absolute atomic E-state index is 0.106. The van der Waals surface area contributed by atoms with Crippen LogP contribution in [0.15, 0.2) is 12.1 Å². The Balaban J connectivity index is 2.07. The van der Waals surface area contributed by atoms with E-state index in [4.69, 9.17) is 16.3 Å². The molecule has 21 heavy (non-hydrogen) atoms.